The first-order valence-electron chi connectivity index (χ1n) is 5.21. The van der Waals surface area contributed by atoms with E-state index in [0.29, 0.717) is 12.8 Å². The number of rotatable bonds is 6. The summed E-state index contributed by atoms with van der Waals surface area (Å²) < 4.78 is 0. The summed E-state index contributed by atoms with van der Waals surface area (Å²) in [6.07, 6.45) is 4.33. The lowest BCUT2D eigenvalue weighted by atomic mass is 9.89. The molecule has 2 heteroatoms. The SMILES string of the molecule is CCCC[C@](C)(O)CCC(C)(C)O. The second-order valence-electron chi connectivity index (χ2n) is 4.91. The fraction of sp³-hybridized carbons (Fsp3) is 1.00. The number of aliphatic hydroxyl groups is 2. The Morgan fingerprint density at radius 3 is 1.85 bits per heavy atom. The van der Waals surface area contributed by atoms with Crippen LogP contribution in [-0.4, -0.2) is 21.4 Å². The third kappa shape index (κ3) is 8.26. The van der Waals surface area contributed by atoms with Crippen LogP contribution in [0.5, 0.6) is 0 Å². The highest BCUT2D eigenvalue weighted by molar-refractivity contribution is 4.77. The minimum absolute atomic E-state index is 0.601. The van der Waals surface area contributed by atoms with E-state index < -0.39 is 11.2 Å². The first-order valence-corrected chi connectivity index (χ1v) is 5.21. The highest BCUT2D eigenvalue weighted by Gasteiger charge is 2.23. The molecule has 0 heterocycles. The molecule has 0 aromatic heterocycles. The summed E-state index contributed by atoms with van der Waals surface area (Å²) in [6.45, 7) is 7.53. The van der Waals surface area contributed by atoms with Gasteiger partial charge in [-0.15, -0.1) is 0 Å². The van der Waals surface area contributed by atoms with Crippen molar-refractivity contribution in [3.63, 3.8) is 0 Å². The Kier molecular flexibility index (Phi) is 4.93. The van der Waals surface area contributed by atoms with Gasteiger partial charge in [0.05, 0.1) is 11.2 Å². The predicted molar refractivity (Wildman–Crippen MR) is 55.7 cm³/mol. The van der Waals surface area contributed by atoms with E-state index in [1.165, 1.54) is 0 Å². The lowest BCUT2D eigenvalue weighted by Crippen LogP contribution is -2.29. The van der Waals surface area contributed by atoms with Crippen LogP contribution in [0.3, 0.4) is 0 Å². The zero-order valence-corrected chi connectivity index (χ0v) is 9.43. The van der Waals surface area contributed by atoms with Crippen LogP contribution < -0.4 is 0 Å². The molecule has 0 aliphatic rings. The largest absolute Gasteiger partial charge is 0.390 e. The average Bonchev–Trinajstić information content (AvgIpc) is 1.97. The van der Waals surface area contributed by atoms with Crippen molar-refractivity contribution in [2.75, 3.05) is 0 Å². The third-order valence-electron chi connectivity index (χ3n) is 2.34. The second-order valence-corrected chi connectivity index (χ2v) is 4.91. The van der Waals surface area contributed by atoms with Gasteiger partial charge in [0, 0.05) is 0 Å². The molecule has 80 valence electrons. The molecule has 0 bridgehead atoms. The summed E-state index contributed by atoms with van der Waals surface area (Å²) in [4.78, 5) is 0. The highest BCUT2D eigenvalue weighted by atomic mass is 16.3. The molecule has 0 saturated heterocycles. The fourth-order valence-electron chi connectivity index (χ4n) is 1.26. The number of hydrogen-bond acceptors (Lipinski definition) is 2. The Morgan fingerprint density at radius 1 is 0.923 bits per heavy atom. The van der Waals surface area contributed by atoms with E-state index in [0.717, 1.165) is 19.3 Å². The first-order chi connectivity index (χ1) is 5.77. The van der Waals surface area contributed by atoms with Crippen LogP contribution in [0.4, 0.5) is 0 Å². The van der Waals surface area contributed by atoms with Crippen molar-refractivity contribution >= 4 is 0 Å². The first kappa shape index (κ1) is 12.9. The molecule has 13 heavy (non-hydrogen) atoms. The van der Waals surface area contributed by atoms with Gasteiger partial charge in [-0.2, -0.15) is 0 Å². The molecule has 0 aromatic rings. The average molecular weight is 188 g/mol. The Balaban J connectivity index is 3.75. The summed E-state index contributed by atoms with van der Waals surface area (Å²) in [5, 5.41) is 19.4. The maximum Gasteiger partial charge on any atom is 0.0620 e. The van der Waals surface area contributed by atoms with Crippen LogP contribution in [0.25, 0.3) is 0 Å². The van der Waals surface area contributed by atoms with Crippen molar-refractivity contribution in [2.45, 2.75) is 71.0 Å². The van der Waals surface area contributed by atoms with Crippen LogP contribution in [-0.2, 0) is 0 Å². The van der Waals surface area contributed by atoms with Gasteiger partial charge in [-0.3, -0.25) is 0 Å². The van der Waals surface area contributed by atoms with E-state index in [2.05, 4.69) is 6.92 Å². The van der Waals surface area contributed by atoms with E-state index in [1.807, 2.05) is 6.92 Å². The molecule has 0 fully saturated rings. The maximum atomic E-state index is 9.90. The van der Waals surface area contributed by atoms with Crippen LogP contribution in [0.1, 0.15) is 59.8 Å². The van der Waals surface area contributed by atoms with Gasteiger partial charge in [-0.1, -0.05) is 19.8 Å². The molecule has 0 saturated carbocycles. The lowest BCUT2D eigenvalue weighted by molar-refractivity contribution is 0.0000852. The minimum Gasteiger partial charge on any atom is -0.390 e. The quantitative estimate of drug-likeness (QED) is 0.672. The summed E-state index contributed by atoms with van der Waals surface area (Å²) >= 11 is 0. The van der Waals surface area contributed by atoms with Crippen molar-refractivity contribution in [1.82, 2.24) is 0 Å². The topological polar surface area (TPSA) is 40.5 Å². The monoisotopic (exact) mass is 188 g/mol. The Bertz CT molecular complexity index is 134. The Labute approximate surface area is 82.0 Å². The molecule has 0 spiro atoms. The molecular formula is C11H24O2. The molecule has 2 nitrogen and oxygen atoms in total. The number of hydrogen-bond donors (Lipinski definition) is 2. The van der Waals surface area contributed by atoms with Crippen LogP contribution >= 0.6 is 0 Å². The maximum absolute atomic E-state index is 9.90. The van der Waals surface area contributed by atoms with E-state index in [4.69, 9.17) is 0 Å². The minimum atomic E-state index is -0.657. The smallest absolute Gasteiger partial charge is 0.0620 e. The standard InChI is InChI=1S/C11H24O2/c1-5-6-7-11(4,13)9-8-10(2,3)12/h12-13H,5-9H2,1-4H3/t11-/m0/s1. The van der Waals surface area contributed by atoms with Gasteiger partial charge in [0.2, 0.25) is 0 Å². The molecule has 1 atom stereocenters. The molecular weight excluding hydrogens is 164 g/mol. The van der Waals surface area contributed by atoms with Gasteiger partial charge >= 0.3 is 0 Å². The van der Waals surface area contributed by atoms with Crippen LogP contribution in [0, 0.1) is 0 Å². The van der Waals surface area contributed by atoms with Crippen molar-refractivity contribution in [3.05, 3.63) is 0 Å². The molecule has 0 amide bonds. The molecule has 0 aliphatic carbocycles. The molecule has 0 rings (SSSR count). The summed E-state index contributed by atoms with van der Waals surface area (Å²) in [6, 6.07) is 0. The second kappa shape index (κ2) is 4.97. The normalized spacial score (nSPS) is 17.1. The van der Waals surface area contributed by atoms with Crippen molar-refractivity contribution in [2.24, 2.45) is 0 Å². The van der Waals surface area contributed by atoms with Gasteiger partial charge in [0.25, 0.3) is 0 Å². The molecule has 2 N–H and O–H groups in total. The van der Waals surface area contributed by atoms with Gasteiger partial charge in [-0.25, -0.2) is 0 Å². The summed E-state index contributed by atoms with van der Waals surface area (Å²) in [7, 11) is 0. The summed E-state index contributed by atoms with van der Waals surface area (Å²) in [5.74, 6) is 0. The Hall–Kier alpha value is -0.0800. The van der Waals surface area contributed by atoms with Gasteiger partial charge in [0.1, 0.15) is 0 Å². The third-order valence-corrected chi connectivity index (χ3v) is 2.34. The number of unbranched alkanes of at least 4 members (excludes halogenated alkanes) is 1. The van der Waals surface area contributed by atoms with Gasteiger partial charge in [0.15, 0.2) is 0 Å². The van der Waals surface area contributed by atoms with E-state index in [-0.39, 0.29) is 0 Å². The van der Waals surface area contributed by atoms with Gasteiger partial charge in [-0.05, 0) is 40.0 Å². The zero-order valence-electron chi connectivity index (χ0n) is 9.43. The molecule has 0 unspecified atom stereocenters. The van der Waals surface area contributed by atoms with E-state index in [1.54, 1.807) is 13.8 Å². The molecule has 0 radical (unpaired) electrons. The van der Waals surface area contributed by atoms with Crippen molar-refractivity contribution < 1.29 is 10.2 Å². The van der Waals surface area contributed by atoms with Crippen LogP contribution in [0.15, 0.2) is 0 Å². The zero-order chi connectivity index (χ0) is 10.5. The van der Waals surface area contributed by atoms with Crippen LogP contribution in [0.2, 0.25) is 0 Å². The van der Waals surface area contributed by atoms with Gasteiger partial charge < -0.3 is 10.2 Å². The molecule has 0 aliphatic heterocycles. The predicted octanol–water partition coefficient (Wildman–Crippen LogP) is 2.48. The molecule has 0 aromatic carbocycles. The van der Waals surface area contributed by atoms with Crippen molar-refractivity contribution in [1.29, 1.82) is 0 Å². The van der Waals surface area contributed by atoms with Crippen molar-refractivity contribution in [3.8, 4) is 0 Å². The summed E-state index contributed by atoms with van der Waals surface area (Å²) in [5.41, 5.74) is -1.26. The van der Waals surface area contributed by atoms with E-state index in [9.17, 15) is 10.2 Å². The Morgan fingerprint density at radius 2 is 1.46 bits per heavy atom. The lowest BCUT2D eigenvalue weighted by Gasteiger charge is -2.27. The fourth-order valence-corrected chi connectivity index (χ4v) is 1.26. The highest BCUT2D eigenvalue weighted by Crippen LogP contribution is 2.23. The van der Waals surface area contributed by atoms with E-state index >= 15 is 0 Å².